The summed E-state index contributed by atoms with van der Waals surface area (Å²) in [5.41, 5.74) is 1.77. The first-order valence-electron chi connectivity index (χ1n) is 12.9. The fourth-order valence-corrected chi connectivity index (χ4v) is 6.22. The summed E-state index contributed by atoms with van der Waals surface area (Å²) in [6.45, 7) is 0. The average Bonchev–Trinajstić information content (AvgIpc) is 3.32. The molecule has 2 aromatic rings. The second-order valence-corrected chi connectivity index (χ2v) is 10.7. The third-order valence-corrected chi connectivity index (χ3v) is 8.17. The van der Waals surface area contributed by atoms with Gasteiger partial charge >= 0.3 is 12.0 Å². The Hall–Kier alpha value is -2.41. The molecule has 1 N–H and O–H groups in total. The highest BCUT2D eigenvalue weighted by Crippen LogP contribution is 2.31. The van der Waals surface area contributed by atoms with Crippen molar-refractivity contribution < 1.29 is 14.3 Å². The maximum Gasteiger partial charge on any atom is 0.337 e. The smallest absolute Gasteiger partial charge is 0.337 e. The van der Waals surface area contributed by atoms with Gasteiger partial charge in [-0.3, -0.25) is 5.32 Å². The molecule has 4 rings (SSSR count). The van der Waals surface area contributed by atoms with Crippen LogP contribution in [0.1, 0.15) is 91.4 Å². The number of carbonyl (C=O) groups is 2. The maximum absolute atomic E-state index is 13.4. The molecule has 0 unspecified atom stereocenters. The molecule has 1 aromatic carbocycles. The number of ether oxygens (including phenoxy) is 1. The monoisotopic (exact) mass is 483 g/mol. The van der Waals surface area contributed by atoms with Crippen LogP contribution < -0.4 is 5.32 Å². The molecule has 2 saturated carbocycles. The van der Waals surface area contributed by atoms with E-state index in [-0.39, 0.29) is 12.0 Å². The fraction of sp³-hybridized carbons (Fsp3) is 0.593. The highest BCUT2D eigenvalue weighted by Gasteiger charge is 2.32. The van der Waals surface area contributed by atoms with E-state index in [0.29, 0.717) is 22.8 Å². The van der Waals surface area contributed by atoms with Crippen LogP contribution >= 0.6 is 11.3 Å². The van der Waals surface area contributed by atoms with Crippen molar-refractivity contribution in [1.82, 2.24) is 9.88 Å². The number of aromatic nitrogens is 1. The Balaban J connectivity index is 1.30. The minimum atomic E-state index is -0.309. The fourth-order valence-electron chi connectivity index (χ4n) is 5.38. The van der Waals surface area contributed by atoms with Crippen molar-refractivity contribution in [3.05, 3.63) is 46.5 Å². The van der Waals surface area contributed by atoms with Gasteiger partial charge in [-0.1, -0.05) is 50.7 Å². The second kappa shape index (κ2) is 12.3. The predicted molar refractivity (Wildman–Crippen MR) is 137 cm³/mol. The van der Waals surface area contributed by atoms with Crippen molar-refractivity contribution in [1.29, 1.82) is 0 Å². The Morgan fingerprint density at radius 1 is 0.971 bits per heavy atom. The van der Waals surface area contributed by atoms with E-state index in [0.717, 1.165) is 44.9 Å². The first kappa shape index (κ1) is 24.7. The summed E-state index contributed by atoms with van der Waals surface area (Å²) in [5.74, 6) is -0.309. The number of benzene rings is 1. The van der Waals surface area contributed by atoms with Crippen LogP contribution in [0.2, 0.25) is 0 Å². The van der Waals surface area contributed by atoms with Gasteiger partial charge < -0.3 is 9.64 Å². The number of esters is 1. The molecule has 7 heteroatoms. The van der Waals surface area contributed by atoms with Crippen LogP contribution in [-0.2, 0) is 17.6 Å². The minimum Gasteiger partial charge on any atom is -0.465 e. The Labute approximate surface area is 207 Å². The molecule has 6 nitrogen and oxygen atoms in total. The topological polar surface area (TPSA) is 71.5 Å². The predicted octanol–water partition coefficient (Wildman–Crippen LogP) is 6.60. The molecule has 2 aliphatic carbocycles. The average molecular weight is 484 g/mol. The number of aryl methyl sites for hydroxylation is 2. The van der Waals surface area contributed by atoms with Gasteiger partial charge in [0.1, 0.15) is 0 Å². The molecular formula is C27H37N3O3S. The molecule has 2 fully saturated rings. The lowest BCUT2D eigenvalue weighted by Gasteiger charge is -2.41. The molecule has 184 valence electrons. The van der Waals surface area contributed by atoms with E-state index in [1.165, 1.54) is 56.1 Å². The van der Waals surface area contributed by atoms with Gasteiger partial charge in [0.25, 0.3) is 0 Å². The normalized spacial score (nSPS) is 17.3. The SMILES string of the molecule is COC(=O)c1ccc(CCCc2cnc(NC(=O)N(C3CCCCC3)C3CCCCC3)s2)cc1. The van der Waals surface area contributed by atoms with Gasteiger partial charge in [-0.25, -0.2) is 14.6 Å². The number of nitrogens with one attached hydrogen (secondary N) is 1. The van der Waals surface area contributed by atoms with E-state index in [1.54, 1.807) is 11.3 Å². The van der Waals surface area contributed by atoms with Crippen LogP contribution in [0.5, 0.6) is 0 Å². The number of rotatable bonds is 8. The molecule has 0 aliphatic heterocycles. The van der Waals surface area contributed by atoms with E-state index in [2.05, 4.69) is 15.2 Å². The molecule has 0 atom stereocenters. The Morgan fingerprint density at radius 2 is 1.59 bits per heavy atom. The van der Waals surface area contributed by atoms with E-state index in [9.17, 15) is 9.59 Å². The van der Waals surface area contributed by atoms with Gasteiger partial charge in [-0.2, -0.15) is 0 Å². The zero-order valence-corrected chi connectivity index (χ0v) is 21.1. The molecule has 0 radical (unpaired) electrons. The molecule has 0 saturated heterocycles. The second-order valence-electron chi connectivity index (χ2n) is 9.59. The van der Waals surface area contributed by atoms with Crippen molar-refractivity contribution in [2.45, 2.75) is 95.6 Å². The summed E-state index contributed by atoms with van der Waals surface area (Å²) in [4.78, 5) is 32.8. The summed E-state index contributed by atoms with van der Waals surface area (Å²) < 4.78 is 4.75. The third-order valence-electron chi connectivity index (χ3n) is 7.20. The van der Waals surface area contributed by atoms with Crippen LogP contribution in [0.25, 0.3) is 0 Å². The first-order chi connectivity index (χ1) is 16.6. The number of carbonyl (C=O) groups excluding carboxylic acids is 2. The van der Waals surface area contributed by atoms with Crippen LogP contribution in [-0.4, -0.2) is 41.1 Å². The zero-order valence-electron chi connectivity index (χ0n) is 20.3. The highest BCUT2D eigenvalue weighted by molar-refractivity contribution is 7.15. The summed E-state index contributed by atoms with van der Waals surface area (Å²) in [6.07, 6.45) is 16.8. The van der Waals surface area contributed by atoms with Crippen molar-refractivity contribution in [3.8, 4) is 0 Å². The lowest BCUT2D eigenvalue weighted by atomic mass is 9.89. The number of nitrogens with zero attached hydrogens (tertiary/aromatic N) is 2. The van der Waals surface area contributed by atoms with Gasteiger partial charge in [0.15, 0.2) is 5.13 Å². The number of urea groups is 1. The van der Waals surface area contributed by atoms with Crippen LogP contribution in [0.15, 0.2) is 30.5 Å². The van der Waals surface area contributed by atoms with E-state index in [4.69, 9.17) is 4.74 Å². The number of thiazole rings is 1. The Morgan fingerprint density at radius 3 is 2.18 bits per heavy atom. The summed E-state index contributed by atoms with van der Waals surface area (Å²) in [5, 5.41) is 3.85. The molecule has 1 aromatic heterocycles. The molecule has 2 aliphatic rings. The number of hydrogen-bond acceptors (Lipinski definition) is 5. The lowest BCUT2D eigenvalue weighted by molar-refractivity contribution is 0.0600. The lowest BCUT2D eigenvalue weighted by Crippen LogP contribution is -2.50. The number of hydrogen-bond donors (Lipinski definition) is 1. The quantitative estimate of drug-likeness (QED) is 0.429. The molecule has 0 bridgehead atoms. The molecular weight excluding hydrogens is 446 g/mol. The summed E-state index contributed by atoms with van der Waals surface area (Å²) in [6, 6.07) is 8.39. The van der Waals surface area contributed by atoms with E-state index < -0.39 is 0 Å². The standard InChI is InChI=1S/C27H37N3O3S/c1-33-25(31)21-17-15-20(16-18-21)9-8-14-24-19-28-26(34-24)29-27(32)30(22-10-4-2-5-11-22)23-12-6-3-7-13-23/h15-19,22-23H,2-14H2,1H3,(H,28,29,32). The van der Waals surface area contributed by atoms with Crippen molar-refractivity contribution in [2.75, 3.05) is 12.4 Å². The van der Waals surface area contributed by atoms with Gasteiger partial charge in [-0.05, 0) is 62.6 Å². The van der Waals surface area contributed by atoms with Gasteiger partial charge in [0.05, 0.1) is 12.7 Å². The van der Waals surface area contributed by atoms with Crippen molar-refractivity contribution in [2.24, 2.45) is 0 Å². The Kier molecular flexibility index (Phi) is 8.97. The molecule has 1 heterocycles. The Bertz CT molecular complexity index is 913. The number of amides is 2. The van der Waals surface area contributed by atoms with E-state index in [1.807, 2.05) is 30.5 Å². The van der Waals surface area contributed by atoms with Crippen LogP contribution in [0.3, 0.4) is 0 Å². The summed E-state index contributed by atoms with van der Waals surface area (Å²) >= 11 is 1.59. The maximum atomic E-state index is 13.4. The van der Waals surface area contributed by atoms with Crippen molar-refractivity contribution in [3.63, 3.8) is 0 Å². The van der Waals surface area contributed by atoms with Crippen LogP contribution in [0, 0.1) is 0 Å². The zero-order chi connectivity index (χ0) is 23.8. The van der Waals surface area contributed by atoms with Gasteiger partial charge in [0, 0.05) is 23.2 Å². The largest absolute Gasteiger partial charge is 0.465 e. The van der Waals surface area contributed by atoms with Gasteiger partial charge in [0.2, 0.25) is 0 Å². The highest BCUT2D eigenvalue weighted by atomic mass is 32.1. The number of methoxy groups -OCH3 is 1. The van der Waals surface area contributed by atoms with Crippen LogP contribution in [0.4, 0.5) is 9.93 Å². The van der Waals surface area contributed by atoms with E-state index >= 15 is 0 Å². The van der Waals surface area contributed by atoms with Gasteiger partial charge in [-0.15, -0.1) is 11.3 Å². The third kappa shape index (κ3) is 6.59. The molecule has 2 amide bonds. The number of anilines is 1. The first-order valence-corrected chi connectivity index (χ1v) is 13.7. The molecule has 34 heavy (non-hydrogen) atoms. The minimum absolute atomic E-state index is 0.0467. The molecule has 0 spiro atoms. The van der Waals surface area contributed by atoms with Crippen molar-refractivity contribution >= 4 is 28.5 Å². The summed E-state index contributed by atoms with van der Waals surface area (Å²) in [7, 11) is 1.39.